The first kappa shape index (κ1) is 20.9. The van der Waals surface area contributed by atoms with E-state index in [1.807, 2.05) is 0 Å². The number of aryl methyl sites for hydroxylation is 1. The van der Waals surface area contributed by atoms with Gasteiger partial charge in [0.2, 0.25) is 0 Å². The van der Waals surface area contributed by atoms with Crippen molar-refractivity contribution in [3.05, 3.63) is 91.5 Å². The Hall–Kier alpha value is -3.36. The molecule has 0 aliphatic carbocycles. The molecule has 1 aliphatic rings. The summed E-state index contributed by atoms with van der Waals surface area (Å²) in [7, 11) is 0. The number of benzene rings is 2. The fourth-order valence-electron chi connectivity index (χ4n) is 3.11. The molecule has 9 heteroatoms. The van der Waals surface area contributed by atoms with Gasteiger partial charge < -0.3 is 4.42 Å². The lowest BCUT2D eigenvalue weighted by Crippen LogP contribution is -2.27. The molecule has 1 aromatic heterocycles. The molecule has 1 aliphatic heterocycles. The van der Waals surface area contributed by atoms with E-state index >= 15 is 0 Å². The number of nitrogens with zero attached hydrogens (tertiary/aromatic N) is 2. The second kappa shape index (κ2) is 8.41. The Labute approximate surface area is 186 Å². The van der Waals surface area contributed by atoms with Crippen LogP contribution in [0, 0.1) is 17.0 Å². The number of carbonyl (C=O) groups excluding carboxylic acids is 2. The molecule has 31 heavy (non-hydrogen) atoms. The normalized spacial score (nSPS) is 15.2. The molecule has 0 spiro atoms. The minimum Gasteiger partial charge on any atom is -0.457 e. The summed E-state index contributed by atoms with van der Waals surface area (Å²) < 4.78 is 5.75. The topological polar surface area (TPSA) is 93.7 Å². The van der Waals surface area contributed by atoms with Crippen LogP contribution in [0.5, 0.6) is 0 Å². The first-order valence-corrected chi connectivity index (χ1v) is 10.4. The van der Waals surface area contributed by atoms with E-state index in [2.05, 4.69) is 0 Å². The van der Waals surface area contributed by atoms with Gasteiger partial charge in [-0.1, -0.05) is 41.9 Å². The number of furan rings is 1. The number of rotatable bonds is 5. The average molecular weight is 455 g/mol. The number of carbonyl (C=O) groups is 2. The molecule has 1 fully saturated rings. The Bertz CT molecular complexity index is 1250. The number of imide groups is 1. The van der Waals surface area contributed by atoms with Crippen LogP contribution in [-0.2, 0) is 11.3 Å². The van der Waals surface area contributed by atoms with Crippen molar-refractivity contribution < 1.29 is 18.9 Å². The molecule has 4 rings (SSSR count). The summed E-state index contributed by atoms with van der Waals surface area (Å²) in [4.78, 5) is 37.2. The van der Waals surface area contributed by atoms with E-state index < -0.39 is 16.1 Å². The number of thioether (sulfide) groups is 1. The number of nitro groups is 1. The molecule has 0 radical (unpaired) electrons. The highest BCUT2D eigenvalue weighted by atomic mass is 35.5. The van der Waals surface area contributed by atoms with Crippen molar-refractivity contribution >= 4 is 46.3 Å². The van der Waals surface area contributed by atoms with Crippen LogP contribution < -0.4 is 0 Å². The molecule has 0 N–H and O–H groups in total. The molecule has 2 amide bonds. The SMILES string of the molecule is Cc1ccc(-c2ccc(/C=C3/SC(=O)N(Cc4ccccc4Cl)C3=O)o2)cc1[N+](=O)[O-]. The van der Waals surface area contributed by atoms with Crippen LogP contribution in [0.1, 0.15) is 16.9 Å². The Kier molecular flexibility index (Phi) is 5.67. The number of halogens is 1. The number of hydrogen-bond acceptors (Lipinski definition) is 6. The van der Waals surface area contributed by atoms with Crippen LogP contribution in [0.15, 0.2) is 63.9 Å². The van der Waals surface area contributed by atoms with E-state index in [0.717, 1.165) is 16.7 Å². The predicted octanol–water partition coefficient (Wildman–Crippen LogP) is 6.05. The standard InChI is InChI=1S/C22H15ClN2O5S/c1-13-6-7-14(10-18(13)25(28)29)19-9-8-16(30-19)11-20-21(26)24(22(27)31-20)12-15-4-2-3-5-17(15)23/h2-11H,12H2,1H3/b20-11+. The molecular weight excluding hydrogens is 440 g/mol. The summed E-state index contributed by atoms with van der Waals surface area (Å²) in [6.07, 6.45) is 1.49. The van der Waals surface area contributed by atoms with Gasteiger partial charge in [0, 0.05) is 28.3 Å². The second-order valence-electron chi connectivity index (χ2n) is 6.82. The summed E-state index contributed by atoms with van der Waals surface area (Å²) in [5.41, 5.74) is 1.77. The summed E-state index contributed by atoms with van der Waals surface area (Å²) in [5.74, 6) is 0.352. The fraction of sp³-hybridized carbons (Fsp3) is 0.0909. The number of nitro benzene ring substituents is 1. The van der Waals surface area contributed by atoms with Gasteiger partial charge in [0.25, 0.3) is 16.8 Å². The van der Waals surface area contributed by atoms with Gasteiger partial charge in [-0.05, 0) is 42.4 Å². The fourth-order valence-corrected chi connectivity index (χ4v) is 4.12. The Balaban J connectivity index is 1.56. The van der Waals surface area contributed by atoms with Crippen LogP contribution in [0.3, 0.4) is 0 Å². The van der Waals surface area contributed by atoms with Gasteiger partial charge in [0.15, 0.2) is 0 Å². The maximum atomic E-state index is 12.7. The maximum absolute atomic E-state index is 12.7. The quantitative estimate of drug-likeness (QED) is 0.264. The maximum Gasteiger partial charge on any atom is 0.293 e. The third kappa shape index (κ3) is 4.26. The van der Waals surface area contributed by atoms with Gasteiger partial charge in [0.1, 0.15) is 11.5 Å². The molecule has 0 bridgehead atoms. The van der Waals surface area contributed by atoms with Crippen molar-refractivity contribution in [1.82, 2.24) is 4.90 Å². The summed E-state index contributed by atoms with van der Waals surface area (Å²) in [6.45, 7) is 1.74. The highest BCUT2D eigenvalue weighted by Crippen LogP contribution is 2.35. The van der Waals surface area contributed by atoms with Crippen molar-refractivity contribution in [3.8, 4) is 11.3 Å². The van der Waals surface area contributed by atoms with E-state index in [1.54, 1.807) is 55.5 Å². The van der Waals surface area contributed by atoms with Crippen LogP contribution in [0.2, 0.25) is 5.02 Å². The molecule has 2 aromatic carbocycles. The van der Waals surface area contributed by atoms with E-state index in [-0.39, 0.29) is 17.1 Å². The summed E-state index contributed by atoms with van der Waals surface area (Å²) in [6, 6.07) is 15.1. The molecular formula is C22H15ClN2O5S. The third-order valence-corrected chi connectivity index (χ3v) is 6.03. The molecule has 3 aromatic rings. The highest BCUT2D eigenvalue weighted by Gasteiger charge is 2.35. The lowest BCUT2D eigenvalue weighted by atomic mass is 10.1. The van der Waals surface area contributed by atoms with Crippen molar-refractivity contribution in [1.29, 1.82) is 0 Å². The van der Waals surface area contributed by atoms with Gasteiger partial charge in [0.05, 0.1) is 16.4 Å². The number of hydrogen-bond donors (Lipinski definition) is 0. The third-order valence-electron chi connectivity index (χ3n) is 4.75. The molecule has 7 nitrogen and oxygen atoms in total. The van der Waals surface area contributed by atoms with Crippen molar-refractivity contribution in [2.45, 2.75) is 13.5 Å². The molecule has 0 saturated carbocycles. The minimum atomic E-state index is -0.447. The summed E-state index contributed by atoms with van der Waals surface area (Å²) in [5, 5.41) is 11.3. The monoisotopic (exact) mass is 454 g/mol. The predicted molar refractivity (Wildman–Crippen MR) is 119 cm³/mol. The van der Waals surface area contributed by atoms with E-state index in [4.69, 9.17) is 16.0 Å². The molecule has 156 valence electrons. The van der Waals surface area contributed by atoms with Gasteiger partial charge in [-0.2, -0.15) is 0 Å². The van der Waals surface area contributed by atoms with Crippen LogP contribution in [0.25, 0.3) is 17.4 Å². The van der Waals surface area contributed by atoms with Crippen LogP contribution in [-0.4, -0.2) is 21.0 Å². The van der Waals surface area contributed by atoms with E-state index in [1.165, 1.54) is 12.1 Å². The second-order valence-corrected chi connectivity index (χ2v) is 8.22. The van der Waals surface area contributed by atoms with E-state index in [0.29, 0.717) is 33.2 Å². The summed E-state index contributed by atoms with van der Waals surface area (Å²) >= 11 is 6.96. The average Bonchev–Trinajstić information content (AvgIpc) is 3.30. The molecule has 0 atom stereocenters. The van der Waals surface area contributed by atoms with Crippen molar-refractivity contribution in [2.75, 3.05) is 0 Å². The minimum absolute atomic E-state index is 0.00357. The first-order valence-electron chi connectivity index (χ1n) is 9.17. The van der Waals surface area contributed by atoms with Gasteiger partial charge in [-0.15, -0.1) is 0 Å². The molecule has 2 heterocycles. The van der Waals surface area contributed by atoms with Gasteiger partial charge in [-0.25, -0.2) is 0 Å². The Morgan fingerprint density at radius 2 is 1.94 bits per heavy atom. The van der Waals surface area contributed by atoms with Gasteiger partial charge >= 0.3 is 0 Å². The van der Waals surface area contributed by atoms with Crippen LogP contribution in [0.4, 0.5) is 10.5 Å². The molecule has 1 saturated heterocycles. The molecule has 0 unspecified atom stereocenters. The number of amides is 2. The Morgan fingerprint density at radius 3 is 2.68 bits per heavy atom. The Morgan fingerprint density at radius 1 is 1.16 bits per heavy atom. The lowest BCUT2D eigenvalue weighted by molar-refractivity contribution is -0.385. The zero-order valence-corrected chi connectivity index (χ0v) is 17.8. The van der Waals surface area contributed by atoms with E-state index in [9.17, 15) is 19.7 Å². The van der Waals surface area contributed by atoms with Crippen molar-refractivity contribution in [3.63, 3.8) is 0 Å². The zero-order chi connectivity index (χ0) is 22.1. The zero-order valence-electron chi connectivity index (χ0n) is 16.2. The largest absolute Gasteiger partial charge is 0.457 e. The highest BCUT2D eigenvalue weighted by molar-refractivity contribution is 8.18. The smallest absolute Gasteiger partial charge is 0.293 e. The van der Waals surface area contributed by atoms with Gasteiger partial charge in [-0.3, -0.25) is 24.6 Å². The van der Waals surface area contributed by atoms with Crippen LogP contribution >= 0.6 is 23.4 Å². The van der Waals surface area contributed by atoms with Crippen molar-refractivity contribution in [2.24, 2.45) is 0 Å². The first-order chi connectivity index (χ1) is 14.8. The lowest BCUT2D eigenvalue weighted by Gasteiger charge is -2.13.